The highest BCUT2D eigenvalue weighted by Gasteiger charge is 2.32. The van der Waals surface area contributed by atoms with Crippen molar-refractivity contribution in [1.82, 2.24) is 10.2 Å². The first-order chi connectivity index (χ1) is 18.9. The maximum atomic E-state index is 13.4. The average Bonchev–Trinajstić information content (AvgIpc) is 2.95. The van der Waals surface area contributed by atoms with Crippen molar-refractivity contribution >= 4 is 35.2 Å². The molecule has 4 rings (SSSR count). The van der Waals surface area contributed by atoms with Crippen LogP contribution in [0.15, 0.2) is 84.9 Å². The molecule has 1 heterocycles. The second-order valence-corrected chi connectivity index (χ2v) is 9.44. The topological polar surface area (TPSA) is 117 Å². The number of Topliss-reactive ketones (excluding diaryl/α,β-unsaturated/α-hetero) is 1. The highest BCUT2D eigenvalue weighted by molar-refractivity contribution is 5.98. The molecule has 0 aromatic heterocycles. The van der Waals surface area contributed by atoms with Gasteiger partial charge in [0.1, 0.15) is 12.6 Å². The molecule has 4 amide bonds. The van der Waals surface area contributed by atoms with E-state index in [0.717, 1.165) is 5.56 Å². The molecule has 9 nitrogen and oxygen atoms in total. The molecule has 3 aromatic rings. The fourth-order valence-electron chi connectivity index (χ4n) is 4.48. The van der Waals surface area contributed by atoms with Crippen LogP contribution in [0.5, 0.6) is 0 Å². The molecule has 202 valence electrons. The number of carbonyl (C=O) groups is 4. The van der Waals surface area contributed by atoms with Crippen molar-refractivity contribution in [3.05, 3.63) is 96.1 Å². The van der Waals surface area contributed by atoms with Crippen molar-refractivity contribution in [1.29, 1.82) is 0 Å². The van der Waals surface area contributed by atoms with Gasteiger partial charge in [-0.3, -0.25) is 14.9 Å². The Morgan fingerprint density at radius 1 is 0.846 bits per heavy atom. The Morgan fingerprint density at radius 3 is 2.15 bits per heavy atom. The van der Waals surface area contributed by atoms with E-state index >= 15 is 0 Å². The van der Waals surface area contributed by atoms with Crippen LogP contribution in [0, 0.1) is 12.8 Å². The number of nitrogens with one attached hydrogen (secondary N) is 3. The highest BCUT2D eigenvalue weighted by atomic mass is 16.5. The van der Waals surface area contributed by atoms with Crippen molar-refractivity contribution in [2.45, 2.75) is 25.8 Å². The van der Waals surface area contributed by atoms with E-state index in [2.05, 4.69) is 16.0 Å². The lowest BCUT2D eigenvalue weighted by Gasteiger charge is -2.33. The Kier molecular flexibility index (Phi) is 9.29. The molecular formula is C30H32N4O5. The zero-order valence-corrected chi connectivity index (χ0v) is 21.8. The number of urea groups is 1. The van der Waals surface area contributed by atoms with E-state index in [0.29, 0.717) is 42.9 Å². The smallest absolute Gasteiger partial charge is 0.411 e. The van der Waals surface area contributed by atoms with Gasteiger partial charge in [0, 0.05) is 35.9 Å². The number of nitrogens with zero attached hydrogens (tertiary/aromatic N) is 1. The van der Waals surface area contributed by atoms with E-state index in [1.165, 1.54) is 0 Å². The van der Waals surface area contributed by atoms with E-state index in [-0.39, 0.29) is 24.2 Å². The first kappa shape index (κ1) is 27.4. The number of para-hydroxylation sites is 1. The minimum Gasteiger partial charge on any atom is -0.447 e. The zero-order chi connectivity index (χ0) is 27.6. The third kappa shape index (κ3) is 7.91. The number of benzene rings is 3. The second kappa shape index (κ2) is 13.2. The second-order valence-electron chi connectivity index (χ2n) is 9.44. The Hall–Kier alpha value is -4.66. The summed E-state index contributed by atoms with van der Waals surface area (Å²) >= 11 is 0. The summed E-state index contributed by atoms with van der Waals surface area (Å²) in [5.41, 5.74) is 2.74. The van der Waals surface area contributed by atoms with Gasteiger partial charge in [-0.1, -0.05) is 60.7 Å². The molecule has 3 aromatic carbocycles. The maximum absolute atomic E-state index is 13.4. The molecule has 0 spiro atoms. The molecule has 39 heavy (non-hydrogen) atoms. The summed E-state index contributed by atoms with van der Waals surface area (Å²) in [6.45, 7) is 2.26. The van der Waals surface area contributed by atoms with Crippen LogP contribution in [0.4, 0.5) is 21.0 Å². The van der Waals surface area contributed by atoms with Gasteiger partial charge in [0.15, 0.2) is 5.78 Å². The molecule has 1 saturated heterocycles. The van der Waals surface area contributed by atoms with Crippen LogP contribution in [-0.4, -0.2) is 54.5 Å². The summed E-state index contributed by atoms with van der Waals surface area (Å²) in [5, 5.41) is 7.96. The molecule has 0 unspecified atom stereocenters. The van der Waals surface area contributed by atoms with Crippen LogP contribution in [0.3, 0.4) is 0 Å². The summed E-state index contributed by atoms with van der Waals surface area (Å²) in [5.74, 6) is -0.497. The fraction of sp³-hybridized carbons (Fsp3) is 0.267. The number of hydrogen-bond donors (Lipinski definition) is 3. The number of anilines is 2. The third-order valence-corrected chi connectivity index (χ3v) is 6.52. The largest absolute Gasteiger partial charge is 0.447 e. The molecule has 1 atom stereocenters. The van der Waals surface area contributed by atoms with Gasteiger partial charge in [-0.25, -0.2) is 9.59 Å². The minimum atomic E-state index is -1.11. The molecule has 0 saturated carbocycles. The van der Waals surface area contributed by atoms with E-state index in [4.69, 9.17) is 4.74 Å². The Labute approximate surface area is 227 Å². The number of amides is 4. The van der Waals surface area contributed by atoms with Gasteiger partial charge in [-0.05, 0) is 49.6 Å². The lowest BCUT2D eigenvalue weighted by atomic mass is 9.88. The van der Waals surface area contributed by atoms with Crippen LogP contribution >= 0.6 is 0 Å². The van der Waals surface area contributed by atoms with Gasteiger partial charge in [0.2, 0.25) is 5.91 Å². The Morgan fingerprint density at radius 2 is 1.49 bits per heavy atom. The van der Waals surface area contributed by atoms with Crippen LogP contribution < -0.4 is 16.0 Å². The predicted molar refractivity (Wildman–Crippen MR) is 149 cm³/mol. The monoisotopic (exact) mass is 528 g/mol. The predicted octanol–water partition coefficient (Wildman–Crippen LogP) is 4.86. The van der Waals surface area contributed by atoms with Crippen molar-refractivity contribution in [3.8, 4) is 0 Å². The van der Waals surface area contributed by atoms with Gasteiger partial charge < -0.3 is 20.3 Å². The van der Waals surface area contributed by atoms with E-state index in [1.807, 2.05) is 43.3 Å². The quantitative estimate of drug-likeness (QED) is 0.361. The van der Waals surface area contributed by atoms with Crippen LogP contribution in [0.2, 0.25) is 0 Å². The summed E-state index contributed by atoms with van der Waals surface area (Å²) in [4.78, 5) is 53.0. The summed E-state index contributed by atoms with van der Waals surface area (Å²) in [7, 11) is 0. The van der Waals surface area contributed by atoms with Crippen molar-refractivity contribution in [2.24, 2.45) is 5.92 Å². The number of aryl methyl sites for hydroxylation is 1. The molecule has 1 aliphatic rings. The van der Waals surface area contributed by atoms with Gasteiger partial charge in [0.25, 0.3) is 0 Å². The number of rotatable bonds is 8. The Balaban J connectivity index is 1.38. The standard InChI is InChI=1S/C30H32N4O5/c1-21-9-8-14-25(19-21)31-29(37)33-26(20-39-30(38)32-24-12-6-3-7-13-24)28(36)34-17-15-23(16-18-34)27(35)22-10-4-2-5-11-22/h2-14,19,23,26H,15-18,20H2,1H3,(H,32,38)(H2,31,33,37)/t26-/m1/s1. The molecule has 0 bridgehead atoms. The lowest BCUT2D eigenvalue weighted by molar-refractivity contribution is -0.135. The number of piperidine rings is 1. The fourth-order valence-corrected chi connectivity index (χ4v) is 4.48. The molecule has 0 radical (unpaired) electrons. The molecule has 1 aliphatic heterocycles. The number of hydrogen-bond acceptors (Lipinski definition) is 5. The highest BCUT2D eigenvalue weighted by Crippen LogP contribution is 2.22. The summed E-state index contributed by atoms with van der Waals surface area (Å²) in [6, 6.07) is 23.4. The lowest BCUT2D eigenvalue weighted by Crippen LogP contribution is -2.54. The van der Waals surface area contributed by atoms with Gasteiger partial charge >= 0.3 is 12.1 Å². The molecular weight excluding hydrogens is 496 g/mol. The molecule has 0 aliphatic carbocycles. The minimum absolute atomic E-state index is 0.0656. The van der Waals surface area contributed by atoms with Crippen LogP contribution in [-0.2, 0) is 9.53 Å². The number of ether oxygens (including phenoxy) is 1. The van der Waals surface area contributed by atoms with Crippen LogP contribution in [0.1, 0.15) is 28.8 Å². The van der Waals surface area contributed by atoms with E-state index < -0.39 is 18.2 Å². The van der Waals surface area contributed by atoms with Crippen molar-refractivity contribution in [2.75, 3.05) is 30.3 Å². The average molecular weight is 529 g/mol. The van der Waals surface area contributed by atoms with Gasteiger partial charge in [0.05, 0.1) is 0 Å². The first-order valence-corrected chi connectivity index (χ1v) is 12.9. The van der Waals surface area contributed by atoms with E-state index in [1.54, 1.807) is 53.4 Å². The third-order valence-electron chi connectivity index (χ3n) is 6.52. The van der Waals surface area contributed by atoms with E-state index in [9.17, 15) is 19.2 Å². The summed E-state index contributed by atoms with van der Waals surface area (Å²) < 4.78 is 5.31. The number of carbonyl (C=O) groups excluding carboxylic acids is 4. The van der Waals surface area contributed by atoms with Gasteiger partial charge in [-0.2, -0.15) is 0 Å². The first-order valence-electron chi connectivity index (χ1n) is 12.9. The summed E-state index contributed by atoms with van der Waals surface area (Å²) in [6.07, 6.45) is 0.278. The molecule has 9 heteroatoms. The molecule has 1 fully saturated rings. The number of likely N-dealkylation sites (tertiary alicyclic amines) is 1. The van der Waals surface area contributed by atoms with Crippen LogP contribution in [0.25, 0.3) is 0 Å². The van der Waals surface area contributed by atoms with Gasteiger partial charge in [-0.15, -0.1) is 0 Å². The zero-order valence-electron chi connectivity index (χ0n) is 21.8. The maximum Gasteiger partial charge on any atom is 0.411 e. The van der Waals surface area contributed by atoms with Crippen molar-refractivity contribution < 1.29 is 23.9 Å². The Bertz CT molecular complexity index is 1290. The van der Waals surface area contributed by atoms with Crippen molar-refractivity contribution in [3.63, 3.8) is 0 Å². The molecule has 3 N–H and O–H groups in total. The number of ketones is 1. The normalized spacial score (nSPS) is 14.1. The SMILES string of the molecule is Cc1cccc(NC(=O)N[C@H](COC(=O)Nc2ccccc2)C(=O)N2CCC(C(=O)c3ccccc3)CC2)c1.